The molecule has 0 radical (unpaired) electrons. The first-order valence-corrected chi connectivity index (χ1v) is 12.0. The molecule has 37 heavy (non-hydrogen) atoms. The second-order valence-corrected chi connectivity index (χ2v) is 8.58. The molecular formula is C32H30F2O3. The van der Waals surface area contributed by atoms with Crippen LogP contribution in [0.15, 0.2) is 61.7 Å². The zero-order chi connectivity index (χ0) is 27.1. The Morgan fingerprint density at radius 1 is 0.838 bits per heavy atom. The van der Waals surface area contributed by atoms with Crippen molar-refractivity contribution >= 4 is 17.3 Å². The van der Waals surface area contributed by atoms with Gasteiger partial charge in [-0.1, -0.05) is 55.5 Å². The fourth-order valence-corrected chi connectivity index (χ4v) is 4.14. The molecule has 0 amide bonds. The molecule has 5 heteroatoms. The molecule has 0 aliphatic heterocycles. The predicted octanol–water partition coefficient (Wildman–Crippen LogP) is 7.34. The molecule has 0 N–H and O–H groups in total. The number of carbonyl (C=O) groups is 1. The van der Waals surface area contributed by atoms with Gasteiger partial charge in [-0.05, 0) is 60.7 Å². The van der Waals surface area contributed by atoms with E-state index in [1.165, 1.54) is 0 Å². The third-order valence-electron chi connectivity index (χ3n) is 5.98. The van der Waals surface area contributed by atoms with Gasteiger partial charge in [0.15, 0.2) is 0 Å². The van der Waals surface area contributed by atoms with Gasteiger partial charge in [0.25, 0.3) is 0 Å². The maximum atomic E-state index is 15.9. The van der Waals surface area contributed by atoms with Crippen molar-refractivity contribution in [2.75, 3.05) is 13.2 Å². The number of rotatable bonds is 10. The summed E-state index contributed by atoms with van der Waals surface area (Å²) in [7, 11) is 0. The molecule has 3 aromatic rings. The van der Waals surface area contributed by atoms with Crippen LogP contribution in [0.3, 0.4) is 0 Å². The molecular weight excluding hydrogens is 470 g/mol. The first-order chi connectivity index (χ1) is 17.7. The molecule has 0 atom stereocenters. The van der Waals surface area contributed by atoms with Crippen molar-refractivity contribution in [3.63, 3.8) is 0 Å². The fraction of sp³-hybridized carbons (Fsp3) is 0.219. The van der Waals surface area contributed by atoms with Crippen LogP contribution in [-0.2, 0) is 22.3 Å². The first kappa shape index (κ1) is 27.4. The van der Waals surface area contributed by atoms with Crippen molar-refractivity contribution in [1.82, 2.24) is 0 Å². The minimum absolute atomic E-state index is 0.0118. The minimum atomic E-state index is -0.646. The van der Waals surface area contributed by atoms with Crippen molar-refractivity contribution in [2.45, 2.75) is 33.6 Å². The molecule has 190 valence electrons. The van der Waals surface area contributed by atoms with E-state index >= 15 is 8.78 Å². The van der Waals surface area contributed by atoms with Gasteiger partial charge in [-0.25, -0.2) is 13.6 Å². The number of benzene rings is 3. The number of carbonyl (C=O) groups excluding carboxylic acids is 1. The summed E-state index contributed by atoms with van der Waals surface area (Å²) in [6.45, 7) is 13.7. The Labute approximate surface area is 217 Å². The van der Waals surface area contributed by atoms with E-state index in [-0.39, 0.29) is 41.7 Å². The van der Waals surface area contributed by atoms with Gasteiger partial charge in [0, 0.05) is 24.0 Å². The molecule has 3 aromatic carbocycles. The zero-order valence-corrected chi connectivity index (χ0v) is 21.4. The molecule has 0 saturated carbocycles. The number of ether oxygens (including phenoxy) is 2. The number of terminal acetylenes is 1. The standard InChI is InChI=1S/C32H30F2O3/c1-7-26-29(20(4)5)31(34)28(19-22-10-14-24(15-11-22)21(6)36-8-2)27(30(26)33)18-23-12-16-25(17-13-23)32(35)37-9-3/h1,10-17H,4,6,8-9,18-19H2,2-3,5H3. The van der Waals surface area contributed by atoms with Gasteiger partial charge in [0.05, 0.1) is 24.3 Å². The Morgan fingerprint density at radius 2 is 1.32 bits per heavy atom. The molecule has 0 fully saturated rings. The van der Waals surface area contributed by atoms with Gasteiger partial charge in [-0.3, -0.25) is 0 Å². The van der Waals surface area contributed by atoms with E-state index in [0.717, 1.165) is 11.1 Å². The summed E-state index contributed by atoms with van der Waals surface area (Å²) in [4.78, 5) is 12.0. The number of allylic oxidation sites excluding steroid dienone is 1. The second kappa shape index (κ2) is 12.2. The largest absolute Gasteiger partial charge is 0.494 e. The SMILES string of the molecule is C#Cc1c(F)c(Cc2ccc(C(=O)OCC)cc2)c(Cc2ccc(C(=C)OCC)cc2)c(F)c1C(=C)C. The van der Waals surface area contributed by atoms with Crippen LogP contribution >= 0.6 is 0 Å². The number of hydrogen-bond acceptors (Lipinski definition) is 3. The molecule has 3 rings (SSSR count). The monoisotopic (exact) mass is 500 g/mol. The predicted molar refractivity (Wildman–Crippen MR) is 144 cm³/mol. The van der Waals surface area contributed by atoms with Crippen LogP contribution in [0.4, 0.5) is 8.78 Å². The Kier molecular flexibility index (Phi) is 9.03. The lowest BCUT2D eigenvalue weighted by atomic mass is 9.87. The molecule has 3 nitrogen and oxygen atoms in total. The molecule has 0 aliphatic carbocycles. The highest BCUT2D eigenvalue weighted by atomic mass is 19.1. The van der Waals surface area contributed by atoms with E-state index in [1.807, 2.05) is 31.2 Å². The van der Waals surface area contributed by atoms with Gasteiger partial charge in [0.1, 0.15) is 17.4 Å². The minimum Gasteiger partial charge on any atom is -0.494 e. The van der Waals surface area contributed by atoms with Crippen LogP contribution in [0.25, 0.3) is 11.3 Å². The number of halogens is 2. The fourth-order valence-electron chi connectivity index (χ4n) is 4.14. The van der Waals surface area contributed by atoms with Gasteiger partial charge in [-0.15, -0.1) is 6.42 Å². The summed E-state index contributed by atoms with van der Waals surface area (Å²) in [5.74, 6) is 1.19. The van der Waals surface area contributed by atoms with E-state index in [2.05, 4.69) is 19.1 Å². The van der Waals surface area contributed by atoms with Crippen LogP contribution in [0.2, 0.25) is 0 Å². The van der Waals surface area contributed by atoms with Gasteiger partial charge >= 0.3 is 5.97 Å². The number of hydrogen-bond donors (Lipinski definition) is 0. The van der Waals surface area contributed by atoms with E-state index in [4.69, 9.17) is 15.9 Å². The van der Waals surface area contributed by atoms with Crippen LogP contribution in [0.1, 0.15) is 70.1 Å². The summed E-state index contributed by atoms with van der Waals surface area (Å²) in [6, 6.07) is 14.0. The van der Waals surface area contributed by atoms with Gasteiger partial charge < -0.3 is 9.47 Å². The normalized spacial score (nSPS) is 10.5. The molecule has 0 aromatic heterocycles. The van der Waals surface area contributed by atoms with Gasteiger partial charge in [-0.2, -0.15) is 0 Å². The second-order valence-electron chi connectivity index (χ2n) is 8.58. The van der Waals surface area contributed by atoms with Crippen LogP contribution in [-0.4, -0.2) is 19.2 Å². The van der Waals surface area contributed by atoms with Crippen LogP contribution < -0.4 is 0 Å². The summed E-state index contributed by atoms with van der Waals surface area (Å²) >= 11 is 0. The van der Waals surface area contributed by atoms with Crippen LogP contribution in [0, 0.1) is 24.0 Å². The van der Waals surface area contributed by atoms with Crippen molar-refractivity contribution < 1.29 is 23.0 Å². The Morgan fingerprint density at radius 3 is 1.78 bits per heavy atom. The maximum absolute atomic E-state index is 15.9. The highest BCUT2D eigenvalue weighted by molar-refractivity contribution is 5.89. The molecule has 0 saturated heterocycles. The summed E-state index contributed by atoms with van der Waals surface area (Å²) in [5.41, 5.74) is 3.26. The first-order valence-electron chi connectivity index (χ1n) is 12.0. The molecule has 0 bridgehead atoms. The van der Waals surface area contributed by atoms with Crippen molar-refractivity contribution in [1.29, 1.82) is 0 Å². The van der Waals surface area contributed by atoms with E-state index in [9.17, 15) is 4.79 Å². The summed E-state index contributed by atoms with van der Waals surface area (Å²) in [6.07, 6.45) is 5.84. The van der Waals surface area contributed by atoms with E-state index in [0.29, 0.717) is 29.1 Å². The molecule has 0 unspecified atom stereocenters. The van der Waals surface area contributed by atoms with Gasteiger partial charge in [0.2, 0.25) is 0 Å². The maximum Gasteiger partial charge on any atom is 0.338 e. The Hall–Kier alpha value is -4.17. The quantitative estimate of drug-likeness (QED) is 0.166. The van der Waals surface area contributed by atoms with Crippen molar-refractivity contribution in [3.05, 3.63) is 118 Å². The molecule has 0 heterocycles. The third kappa shape index (κ3) is 6.16. The van der Waals surface area contributed by atoms with Crippen LogP contribution in [0.5, 0.6) is 0 Å². The highest BCUT2D eigenvalue weighted by Crippen LogP contribution is 2.33. The third-order valence-corrected chi connectivity index (χ3v) is 5.98. The summed E-state index contributed by atoms with van der Waals surface area (Å²) in [5, 5.41) is 0. The van der Waals surface area contributed by atoms with E-state index < -0.39 is 17.6 Å². The lowest BCUT2D eigenvalue weighted by Crippen LogP contribution is -2.11. The molecule has 0 spiro atoms. The molecule has 0 aliphatic rings. The smallest absolute Gasteiger partial charge is 0.338 e. The Balaban J connectivity index is 2.07. The lowest BCUT2D eigenvalue weighted by molar-refractivity contribution is 0.0526. The average Bonchev–Trinajstić information content (AvgIpc) is 2.88. The lowest BCUT2D eigenvalue weighted by Gasteiger charge is -2.19. The van der Waals surface area contributed by atoms with Crippen molar-refractivity contribution in [3.8, 4) is 12.3 Å². The number of esters is 1. The highest BCUT2D eigenvalue weighted by Gasteiger charge is 2.24. The van der Waals surface area contributed by atoms with Crippen molar-refractivity contribution in [2.24, 2.45) is 0 Å². The topological polar surface area (TPSA) is 35.5 Å². The van der Waals surface area contributed by atoms with E-state index in [1.54, 1.807) is 38.1 Å². The zero-order valence-electron chi connectivity index (χ0n) is 21.4. The average molecular weight is 501 g/mol. The Bertz CT molecular complexity index is 1360. The summed E-state index contributed by atoms with van der Waals surface area (Å²) < 4.78 is 42.2.